The summed E-state index contributed by atoms with van der Waals surface area (Å²) < 4.78 is 5.10. The first-order chi connectivity index (χ1) is 8.17. The number of hydrogen-bond acceptors (Lipinski definition) is 2. The molecule has 4 nitrogen and oxygen atoms in total. The van der Waals surface area contributed by atoms with Crippen molar-refractivity contribution in [2.24, 2.45) is 0 Å². The smallest absolute Gasteiger partial charge is 0.123 e. The highest BCUT2D eigenvalue weighted by molar-refractivity contribution is 9.10. The van der Waals surface area contributed by atoms with Gasteiger partial charge in [-0.25, -0.2) is 4.98 Å². The van der Waals surface area contributed by atoms with Gasteiger partial charge in [0.2, 0.25) is 0 Å². The van der Waals surface area contributed by atoms with Crippen molar-refractivity contribution in [3.8, 4) is 0 Å². The molecule has 2 aromatic heterocycles. The summed E-state index contributed by atoms with van der Waals surface area (Å²) in [5, 5.41) is 4.47. The molecule has 0 aliphatic rings. The van der Waals surface area contributed by atoms with Crippen LogP contribution < -0.4 is 0 Å². The van der Waals surface area contributed by atoms with Crippen LogP contribution in [0.5, 0.6) is 0 Å². The number of alkyl halides is 1. The SMILES string of the molecule is CCn1nc(C)c(Br)c1Cn1ccnc1CCl. The molecule has 0 saturated carbocycles. The van der Waals surface area contributed by atoms with E-state index >= 15 is 0 Å². The summed E-state index contributed by atoms with van der Waals surface area (Å²) in [6.45, 7) is 5.67. The average molecular weight is 318 g/mol. The van der Waals surface area contributed by atoms with Crippen LogP contribution in [0, 0.1) is 6.92 Å². The van der Waals surface area contributed by atoms with Gasteiger partial charge in [0.15, 0.2) is 0 Å². The molecule has 0 saturated heterocycles. The molecule has 0 radical (unpaired) electrons. The molecule has 6 heteroatoms. The predicted octanol–water partition coefficient (Wildman–Crippen LogP) is 2.96. The Morgan fingerprint density at radius 2 is 2.24 bits per heavy atom. The molecule has 0 aliphatic carbocycles. The van der Waals surface area contributed by atoms with Crippen LogP contribution >= 0.6 is 27.5 Å². The Hall–Kier alpha value is -0.810. The molecule has 0 aromatic carbocycles. The Bertz CT molecular complexity index is 518. The summed E-state index contributed by atoms with van der Waals surface area (Å²) in [7, 11) is 0. The van der Waals surface area contributed by atoms with E-state index in [0.29, 0.717) is 5.88 Å². The summed E-state index contributed by atoms with van der Waals surface area (Å²) in [4.78, 5) is 4.21. The van der Waals surface area contributed by atoms with Crippen molar-refractivity contribution in [3.05, 3.63) is 34.1 Å². The molecular weight excluding hydrogens is 304 g/mol. The number of aryl methyl sites for hydroxylation is 2. The van der Waals surface area contributed by atoms with E-state index in [9.17, 15) is 0 Å². The number of hydrogen-bond donors (Lipinski definition) is 0. The average Bonchev–Trinajstić information content (AvgIpc) is 2.88. The van der Waals surface area contributed by atoms with Crippen LogP contribution in [0.25, 0.3) is 0 Å². The first-order valence-corrected chi connectivity index (χ1v) is 6.77. The van der Waals surface area contributed by atoms with Gasteiger partial charge in [-0.2, -0.15) is 5.10 Å². The Kier molecular flexibility index (Phi) is 3.89. The topological polar surface area (TPSA) is 35.6 Å². The quantitative estimate of drug-likeness (QED) is 0.813. The van der Waals surface area contributed by atoms with Gasteiger partial charge in [0.05, 0.1) is 28.3 Å². The van der Waals surface area contributed by atoms with Crippen molar-refractivity contribution >= 4 is 27.5 Å². The van der Waals surface area contributed by atoms with E-state index < -0.39 is 0 Å². The molecule has 0 amide bonds. The van der Waals surface area contributed by atoms with Crippen molar-refractivity contribution < 1.29 is 0 Å². The summed E-state index contributed by atoms with van der Waals surface area (Å²) in [6, 6.07) is 0. The minimum absolute atomic E-state index is 0.420. The maximum absolute atomic E-state index is 5.84. The Balaban J connectivity index is 2.35. The molecule has 0 N–H and O–H groups in total. The van der Waals surface area contributed by atoms with Gasteiger partial charge in [0.1, 0.15) is 5.82 Å². The Morgan fingerprint density at radius 3 is 2.88 bits per heavy atom. The van der Waals surface area contributed by atoms with Gasteiger partial charge in [-0.3, -0.25) is 4.68 Å². The zero-order valence-electron chi connectivity index (χ0n) is 9.82. The minimum Gasteiger partial charge on any atom is -0.328 e. The van der Waals surface area contributed by atoms with Gasteiger partial charge in [-0.1, -0.05) is 0 Å². The fourth-order valence-corrected chi connectivity index (χ4v) is 2.43. The lowest BCUT2D eigenvalue weighted by molar-refractivity contribution is 0.591. The lowest BCUT2D eigenvalue weighted by atomic mass is 10.3. The highest BCUT2D eigenvalue weighted by Crippen LogP contribution is 2.22. The van der Waals surface area contributed by atoms with Gasteiger partial charge < -0.3 is 4.57 Å². The maximum Gasteiger partial charge on any atom is 0.123 e. The van der Waals surface area contributed by atoms with Crippen molar-refractivity contribution in [1.82, 2.24) is 19.3 Å². The molecular formula is C11H14BrClN4. The lowest BCUT2D eigenvalue weighted by Crippen LogP contribution is -2.09. The number of halogens is 2. The standard InChI is InChI=1S/C11H14BrClN4/c1-3-17-9(11(12)8(2)15-17)7-16-5-4-14-10(16)6-13/h4-5H,3,6-7H2,1-2H3. The first kappa shape index (κ1) is 12.6. The molecule has 0 bridgehead atoms. The normalized spacial score (nSPS) is 11.1. The molecule has 92 valence electrons. The summed E-state index contributed by atoms with van der Waals surface area (Å²) in [5.41, 5.74) is 2.16. The molecule has 0 aliphatic heterocycles. The van der Waals surface area contributed by atoms with Gasteiger partial charge >= 0.3 is 0 Å². The predicted molar refractivity (Wildman–Crippen MR) is 71.2 cm³/mol. The van der Waals surface area contributed by atoms with Crippen molar-refractivity contribution in [2.75, 3.05) is 0 Å². The van der Waals surface area contributed by atoms with Crippen LogP contribution in [0.4, 0.5) is 0 Å². The van der Waals surface area contributed by atoms with Gasteiger partial charge in [0.25, 0.3) is 0 Å². The van der Waals surface area contributed by atoms with E-state index in [1.54, 1.807) is 6.20 Å². The number of imidazole rings is 1. The summed E-state index contributed by atoms with van der Waals surface area (Å²) in [6.07, 6.45) is 3.71. The summed E-state index contributed by atoms with van der Waals surface area (Å²) >= 11 is 9.42. The van der Waals surface area contributed by atoms with Crippen LogP contribution in [0.1, 0.15) is 24.1 Å². The lowest BCUT2D eigenvalue weighted by Gasteiger charge is -2.08. The van der Waals surface area contributed by atoms with Gasteiger partial charge in [-0.05, 0) is 29.8 Å². The van der Waals surface area contributed by atoms with E-state index in [2.05, 4.69) is 32.9 Å². The van der Waals surface area contributed by atoms with Crippen LogP contribution in [0.15, 0.2) is 16.9 Å². The second kappa shape index (κ2) is 5.23. The molecule has 0 fully saturated rings. The number of rotatable bonds is 4. The van der Waals surface area contributed by atoms with Gasteiger partial charge in [0, 0.05) is 18.9 Å². The van der Waals surface area contributed by atoms with Crippen LogP contribution in [-0.2, 0) is 19.0 Å². The maximum atomic E-state index is 5.84. The molecule has 2 heterocycles. The van der Waals surface area contributed by atoms with Crippen molar-refractivity contribution in [1.29, 1.82) is 0 Å². The molecule has 0 unspecified atom stereocenters. The zero-order chi connectivity index (χ0) is 12.4. The van der Waals surface area contributed by atoms with Crippen LogP contribution in [0.2, 0.25) is 0 Å². The van der Waals surface area contributed by atoms with E-state index in [1.807, 2.05) is 22.4 Å². The minimum atomic E-state index is 0.420. The zero-order valence-corrected chi connectivity index (χ0v) is 12.2. The number of nitrogens with zero attached hydrogens (tertiary/aromatic N) is 4. The van der Waals surface area contributed by atoms with Crippen molar-refractivity contribution in [3.63, 3.8) is 0 Å². The monoisotopic (exact) mass is 316 g/mol. The van der Waals surface area contributed by atoms with E-state index in [-0.39, 0.29) is 0 Å². The number of aromatic nitrogens is 4. The fourth-order valence-electron chi connectivity index (χ4n) is 1.80. The largest absolute Gasteiger partial charge is 0.328 e. The molecule has 17 heavy (non-hydrogen) atoms. The van der Waals surface area contributed by atoms with Crippen molar-refractivity contribution in [2.45, 2.75) is 32.8 Å². The second-order valence-electron chi connectivity index (χ2n) is 3.77. The third kappa shape index (κ3) is 2.40. The molecule has 0 spiro atoms. The van der Waals surface area contributed by atoms with Crippen LogP contribution in [-0.4, -0.2) is 19.3 Å². The Morgan fingerprint density at radius 1 is 1.47 bits per heavy atom. The van der Waals surface area contributed by atoms with E-state index in [0.717, 1.165) is 34.8 Å². The highest BCUT2D eigenvalue weighted by atomic mass is 79.9. The van der Waals surface area contributed by atoms with Gasteiger partial charge in [-0.15, -0.1) is 11.6 Å². The molecule has 2 aromatic rings. The highest BCUT2D eigenvalue weighted by Gasteiger charge is 2.13. The van der Waals surface area contributed by atoms with Crippen LogP contribution in [0.3, 0.4) is 0 Å². The molecule has 2 rings (SSSR count). The second-order valence-corrected chi connectivity index (χ2v) is 4.83. The third-order valence-corrected chi connectivity index (χ3v) is 3.96. The third-order valence-electron chi connectivity index (χ3n) is 2.69. The van der Waals surface area contributed by atoms with E-state index in [4.69, 9.17) is 11.6 Å². The molecule has 0 atom stereocenters. The fraction of sp³-hybridized carbons (Fsp3) is 0.455. The first-order valence-electron chi connectivity index (χ1n) is 5.45. The van der Waals surface area contributed by atoms with E-state index in [1.165, 1.54) is 0 Å². The summed E-state index contributed by atoms with van der Waals surface area (Å²) in [5.74, 6) is 1.30. The Labute approximate surface area is 114 Å².